The van der Waals surface area contributed by atoms with Crippen molar-refractivity contribution < 1.29 is 19.4 Å². The Labute approximate surface area is 127 Å². The van der Waals surface area contributed by atoms with Crippen LogP contribution in [0.15, 0.2) is 48.5 Å². The van der Waals surface area contributed by atoms with E-state index in [1.807, 2.05) is 0 Å². The molecule has 2 aromatic rings. The largest absolute Gasteiger partial charge is 0.495 e. The second-order valence-electron chi connectivity index (χ2n) is 4.51. The number of hydrogen-bond donors (Lipinski definition) is 2. The molecule has 2 amide bonds. The SMILES string of the molecule is COc1ccccc1NC(=O)N(C)c1ccccc1C(=O)O. The molecule has 0 radical (unpaired) electrons. The topological polar surface area (TPSA) is 78.9 Å². The van der Waals surface area contributed by atoms with E-state index in [0.29, 0.717) is 17.1 Å². The first kappa shape index (κ1) is 15.4. The van der Waals surface area contributed by atoms with E-state index in [1.54, 1.807) is 42.5 Å². The van der Waals surface area contributed by atoms with Crippen molar-refractivity contribution in [2.24, 2.45) is 0 Å². The Morgan fingerprint density at radius 3 is 2.41 bits per heavy atom. The van der Waals surface area contributed by atoms with Gasteiger partial charge in [0.05, 0.1) is 24.0 Å². The number of anilines is 2. The molecule has 22 heavy (non-hydrogen) atoms. The molecule has 0 spiro atoms. The van der Waals surface area contributed by atoms with Crippen molar-refractivity contribution in [2.75, 3.05) is 24.4 Å². The van der Waals surface area contributed by atoms with Crippen molar-refractivity contribution in [3.05, 3.63) is 54.1 Å². The Balaban J connectivity index is 2.25. The molecule has 6 heteroatoms. The van der Waals surface area contributed by atoms with Crippen LogP contribution in [0.4, 0.5) is 16.2 Å². The number of nitrogens with one attached hydrogen (secondary N) is 1. The molecular formula is C16H16N2O4. The summed E-state index contributed by atoms with van der Waals surface area (Å²) in [5, 5.41) is 11.9. The summed E-state index contributed by atoms with van der Waals surface area (Å²) in [7, 11) is 3.01. The van der Waals surface area contributed by atoms with Crippen molar-refractivity contribution in [2.45, 2.75) is 0 Å². The Hall–Kier alpha value is -3.02. The smallest absolute Gasteiger partial charge is 0.337 e. The highest BCUT2D eigenvalue weighted by molar-refractivity contribution is 6.06. The molecule has 0 bridgehead atoms. The molecule has 0 aliphatic carbocycles. The van der Waals surface area contributed by atoms with Gasteiger partial charge in [-0.2, -0.15) is 0 Å². The summed E-state index contributed by atoms with van der Waals surface area (Å²) < 4.78 is 5.17. The number of para-hydroxylation sites is 3. The third kappa shape index (κ3) is 3.17. The van der Waals surface area contributed by atoms with Gasteiger partial charge in [-0.25, -0.2) is 9.59 Å². The molecular weight excluding hydrogens is 284 g/mol. The number of ether oxygens (including phenoxy) is 1. The standard InChI is InChI=1S/C16H16N2O4/c1-18(13-9-5-3-7-11(13)15(19)20)16(21)17-12-8-4-6-10-14(12)22-2/h3-10H,1-2H3,(H,17,21)(H,19,20). The number of amides is 2. The fourth-order valence-corrected chi connectivity index (χ4v) is 2.00. The molecule has 0 aliphatic heterocycles. The first-order chi connectivity index (χ1) is 10.5. The third-order valence-corrected chi connectivity index (χ3v) is 3.15. The Kier molecular flexibility index (Phi) is 4.63. The van der Waals surface area contributed by atoms with Gasteiger partial charge in [-0.1, -0.05) is 24.3 Å². The van der Waals surface area contributed by atoms with E-state index in [9.17, 15) is 14.7 Å². The van der Waals surface area contributed by atoms with E-state index in [1.165, 1.54) is 25.1 Å². The molecule has 0 aromatic heterocycles. The van der Waals surface area contributed by atoms with Gasteiger partial charge in [0.25, 0.3) is 0 Å². The summed E-state index contributed by atoms with van der Waals surface area (Å²) in [6.45, 7) is 0. The van der Waals surface area contributed by atoms with Gasteiger partial charge < -0.3 is 15.2 Å². The molecule has 0 atom stereocenters. The monoisotopic (exact) mass is 300 g/mol. The van der Waals surface area contributed by atoms with Gasteiger partial charge >= 0.3 is 12.0 Å². The minimum atomic E-state index is -1.09. The summed E-state index contributed by atoms with van der Waals surface area (Å²) in [5.41, 5.74) is 0.872. The number of carbonyl (C=O) groups is 2. The molecule has 0 fully saturated rings. The molecule has 0 unspecified atom stereocenters. The summed E-state index contributed by atoms with van der Waals surface area (Å²) in [5.74, 6) is -0.566. The van der Waals surface area contributed by atoms with Crippen LogP contribution < -0.4 is 15.0 Å². The fourth-order valence-electron chi connectivity index (χ4n) is 2.00. The van der Waals surface area contributed by atoms with E-state index in [0.717, 1.165) is 0 Å². The van der Waals surface area contributed by atoms with Crippen LogP contribution in [0.2, 0.25) is 0 Å². The number of carbonyl (C=O) groups excluding carboxylic acids is 1. The molecule has 2 aromatic carbocycles. The van der Waals surface area contributed by atoms with Crippen molar-refractivity contribution >= 4 is 23.4 Å². The number of carboxylic acids is 1. The molecule has 0 aliphatic rings. The number of nitrogens with zero attached hydrogens (tertiary/aromatic N) is 1. The maximum Gasteiger partial charge on any atom is 0.337 e. The van der Waals surface area contributed by atoms with Crippen LogP contribution in [0.1, 0.15) is 10.4 Å². The molecule has 6 nitrogen and oxygen atoms in total. The van der Waals surface area contributed by atoms with Gasteiger partial charge in [0, 0.05) is 7.05 Å². The summed E-state index contributed by atoms with van der Waals surface area (Å²) >= 11 is 0. The second-order valence-corrected chi connectivity index (χ2v) is 4.51. The van der Waals surface area contributed by atoms with Crippen LogP contribution in [-0.2, 0) is 0 Å². The van der Waals surface area contributed by atoms with Gasteiger partial charge in [0.1, 0.15) is 5.75 Å². The van der Waals surface area contributed by atoms with E-state index < -0.39 is 12.0 Å². The highest BCUT2D eigenvalue weighted by atomic mass is 16.5. The summed E-state index contributed by atoms with van der Waals surface area (Å²) in [6, 6.07) is 12.8. The molecule has 114 valence electrons. The van der Waals surface area contributed by atoms with E-state index in [4.69, 9.17) is 4.74 Å². The Bertz CT molecular complexity index is 700. The van der Waals surface area contributed by atoms with Crippen LogP contribution in [-0.4, -0.2) is 31.3 Å². The molecule has 2 N–H and O–H groups in total. The highest BCUT2D eigenvalue weighted by Gasteiger charge is 2.18. The van der Waals surface area contributed by atoms with Crippen LogP contribution in [0.3, 0.4) is 0 Å². The van der Waals surface area contributed by atoms with Crippen LogP contribution in [0.5, 0.6) is 5.75 Å². The number of urea groups is 1. The second kappa shape index (κ2) is 6.62. The van der Waals surface area contributed by atoms with Crippen molar-refractivity contribution in [3.8, 4) is 5.75 Å². The fraction of sp³-hybridized carbons (Fsp3) is 0.125. The maximum atomic E-state index is 12.3. The molecule has 0 saturated heterocycles. The Morgan fingerprint density at radius 2 is 1.73 bits per heavy atom. The summed E-state index contributed by atoms with van der Waals surface area (Å²) in [6.07, 6.45) is 0. The average molecular weight is 300 g/mol. The number of aromatic carboxylic acids is 1. The lowest BCUT2D eigenvalue weighted by atomic mass is 10.1. The predicted molar refractivity (Wildman–Crippen MR) is 83.8 cm³/mol. The molecule has 0 saturated carbocycles. The lowest BCUT2D eigenvalue weighted by Crippen LogP contribution is -2.32. The molecule has 0 heterocycles. The zero-order chi connectivity index (χ0) is 16.1. The van der Waals surface area contributed by atoms with Crippen LogP contribution in [0.25, 0.3) is 0 Å². The van der Waals surface area contributed by atoms with E-state index in [2.05, 4.69) is 5.32 Å². The van der Waals surface area contributed by atoms with Gasteiger partial charge in [-0.15, -0.1) is 0 Å². The number of benzene rings is 2. The van der Waals surface area contributed by atoms with Crippen LogP contribution >= 0.6 is 0 Å². The summed E-state index contributed by atoms with van der Waals surface area (Å²) in [4.78, 5) is 24.8. The van der Waals surface area contributed by atoms with Gasteiger partial charge in [-0.3, -0.25) is 4.90 Å². The highest BCUT2D eigenvalue weighted by Crippen LogP contribution is 2.25. The maximum absolute atomic E-state index is 12.3. The van der Waals surface area contributed by atoms with Crippen molar-refractivity contribution in [1.82, 2.24) is 0 Å². The number of rotatable bonds is 4. The predicted octanol–water partition coefficient (Wildman–Crippen LogP) is 3.06. The van der Waals surface area contributed by atoms with Crippen LogP contribution in [0, 0.1) is 0 Å². The van der Waals surface area contributed by atoms with Gasteiger partial charge in [-0.05, 0) is 24.3 Å². The minimum absolute atomic E-state index is 0.0557. The third-order valence-electron chi connectivity index (χ3n) is 3.15. The van der Waals surface area contributed by atoms with Crippen molar-refractivity contribution in [3.63, 3.8) is 0 Å². The molecule has 2 rings (SSSR count). The number of hydrogen-bond acceptors (Lipinski definition) is 3. The normalized spacial score (nSPS) is 9.91. The number of methoxy groups -OCH3 is 1. The Morgan fingerprint density at radius 1 is 1.09 bits per heavy atom. The van der Waals surface area contributed by atoms with E-state index >= 15 is 0 Å². The first-order valence-electron chi connectivity index (χ1n) is 6.54. The lowest BCUT2D eigenvalue weighted by molar-refractivity contribution is 0.0697. The quantitative estimate of drug-likeness (QED) is 0.909. The zero-order valence-electron chi connectivity index (χ0n) is 12.2. The minimum Gasteiger partial charge on any atom is -0.495 e. The zero-order valence-corrected chi connectivity index (χ0v) is 12.2. The number of carboxylic acid groups (broad SMARTS) is 1. The lowest BCUT2D eigenvalue weighted by Gasteiger charge is -2.20. The van der Waals surface area contributed by atoms with Gasteiger partial charge in [0.15, 0.2) is 0 Å². The van der Waals surface area contributed by atoms with Crippen molar-refractivity contribution in [1.29, 1.82) is 0 Å². The van der Waals surface area contributed by atoms with Gasteiger partial charge in [0.2, 0.25) is 0 Å². The first-order valence-corrected chi connectivity index (χ1v) is 6.54. The van der Waals surface area contributed by atoms with E-state index in [-0.39, 0.29) is 5.56 Å². The average Bonchev–Trinajstić information content (AvgIpc) is 2.54.